The van der Waals surface area contributed by atoms with Crippen LogP contribution in [0.3, 0.4) is 0 Å². The van der Waals surface area contributed by atoms with E-state index in [9.17, 15) is 8.42 Å². The predicted octanol–water partition coefficient (Wildman–Crippen LogP) is 3.19. The van der Waals surface area contributed by atoms with Crippen LogP contribution in [0.25, 0.3) is 0 Å². The molecule has 0 radical (unpaired) electrons. The molecule has 1 aliphatic heterocycles. The summed E-state index contributed by atoms with van der Waals surface area (Å²) >= 11 is 1.65. The molecule has 1 aromatic carbocycles. The highest BCUT2D eigenvalue weighted by atomic mass is 32.2. The van der Waals surface area contributed by atoms with Gasteiger partial charge in [0.2, 0.25) is 10.0 Å². The van der Waals surface area contributed by atoms with Gasteiger partial charge in [0.15, 0.2) is 0 Å². The summed E-state index contributed by atoms with van der Waals surface area (Å²) in [6.07, 6.45) is 0.909. The molecule has 2 rings (SSSR count). The van der Waals surface area contributed by atoms with Gasteiger partial charge in [0.25, 0.3) is 0 Å². The molecule has 0 aromatic heterocycles. The summed E-state index contributed by atoms with van der Waals surface area (Å²) in [7, 11) is -3.46. The lowest BCUT2D eigenvalue weighted by Crippen LogP contribution is -2.40. The van der Waals surface area contributed by atoms with Crippen molar-refractivity contribution in [3.05, 3.63) is 23.8 Å². The minimum absolute atomic E-state index is 0.0652. The number of nitrogens with one attached hydrogen (secondary N) is 1. The second kappa shape index (κ2) is 4.50. The van der Waals surface area contributed by atoms with Crippen LogP contribution >= 0.6 is 11.8 Å². The number of rotatable bonds is 2. The van der Waals surface area contributed by atoms with Crippen LogP contribution in [0.5, 0.6) is 0 Å². The molecule has 1 N–H and O–H groups in total. The molecular formula is C14H21NO2S2. The van der Waals surface area contributed by atoms with E-state index in [1.165, 1.54) is 0 Å². The van der Waals surface area contributed by atoms with Gasteiger partial charge in [-0.05, 0) is 38.8 Å². The number of thioether (sulfide) groups is 1. The number of hydrogen-bond donors (Lipinski definition) is 1. The Hall–Kier alpha value is -0.520. The quantitative estimate of drug-likeness (QED) is 0.912. The summed E-state index contributed by atoms with van der Waals surface area (Å²) < 4.78 is 27.8. The van der Waals surface area contributed by atoms with Gasteiger partial charge in [-0.3, -0.25) is 0 Å². The Morgan fingerprint density at radius 2 is 1.89 bits per heavy atom. The Balaban J connectivity index is 2.47. The van der Waals surface area contributed by atoms with Crippen LogP contribution in [0.15, 0.2) is 28.0 Å². The molecule has 1 aromatic rings. The third-order valence-corrected chi connectivity index (χ3v) is 6.10. The summed E-state index contributed by atoms with van der Waals surface area (Å²) in [4.78, 5) is 1.32. The van der Waals surface area contributed by atoms with Crippen LogP contribution in [-0.2, 0) is 16.4 Å². The lowest BCUT2D eigenvalue weighted by Gasteiger charge is -2.21. The molecule has 19 heavy (non-hydrogen) atoms. The first-order chi connectivity index (χ1) is 8.50. The fourth-order valence-corrected chi connectivity index (χ4v) is 5.48. The van der Waals surface area contributed by atoms with Crippen molar-refractivity contribution in [3.8, 4) is 0 Å². The Labute approximate surface area is 120 Å². The molecule has 0 saturated carbocycles. The number of hydrogen-bond acceptors (Lipinski definition) is 3. The first-order valence-electron chi connectivity index (χ1n) is 6.35. The van der Waals surface area contributed by atoms with Crippen molar-refractivity contribution in [2.24, 2.45) is 0 Å². The molecule has 0 amide bonds. The monoisotopic (exact) mass is 299 g/mol. The van der Waals surface area contributed by atoms with E-state index >= 15 is 0 Å². The maximum atomic E-state index is 12.5. The lowest BCUT2D eigenvalue weighted by molar-refractivity contribution is 0.490. The minimum Gasteiger partial charge on any atom is -0.207 e. The SMILES string of the molecule is CC(C)(C)NS(=O)(=O)c1cccc2c1SC(C)(C)C2. The summed E-state index contributed by atoms with van der Waals surface area (Å²) in [5, 5.41) is 0. The molecule has 0 fully saturated rings. The molecular weight excluding hydrogens is 278 g/mol. The summed E-state index contributed by atoms with van der Waals surface area (Å²) in [6, 6.07) is 5.55. The van der Waals surface area contributed by atoms with Gasteiger partial charge in [-0.1, -0.05) is 26.0 Å². The van der Waals surface area contributed by atoms with E-state index in [4.69, 9.17) is 0 Å². The van der Waals surface area contributed by atoms with Gasteiger partial charge < -0.3 is 0 Å². The van der Waals surface area contributed by atoms with Crippen molar-refractivity contribution in [2.45, 2.75) is 61.1 Å². The highest BCUT2D eigenvalue weighted by molar-refractivity contribution is 8.01. The van der Waals surface area contributed by atoms with E-state index in [0.717, 1.165) is 16.9 Å². The van der Waals surface area contributed by atoms with Crippen molar-refractivity contribution in [3.63, 3.8) is 0 Å². The molecule has 0 unspecified atom stereocenters. The van der Waals surface area contributed by atoms with Gasteiger partial charge in [0.05, 0.1) is 4.90 Å². The first kappa shape index (κ1) is 14.9. The molecule has 0 spiro atoms. The van der Waals surface area contributed by atoms with Crippen LogP contribution in [0, 0.1) is 0 Å². The molecule has 0 bridgehead atoms. The molecule has 0 aliphatic carbocycles. The molecule has 1 aliphatic rings. The maximum absolute atomic E-state index is 12.5. The zero-order valence-electron chi connectivity index (χ0n) is 12.1. The first-order valence-corrected chi connectivity index (χ1v) is 8.65. The topological polar surface area (TPSA) is 46.2 Å². The van der Waals surface area contributed by atoms with Crippen LogP contribution in [0.4, 0.5) is 0 Å². The fraction of sp³-hybridized carbons (Fsp3) is 0.571. The van der Waals surface area contributed by atoms with E-state index in [1.54, 1.807) is 17.8 Å². The third-order valence-electron chi connectivity index (χ3n) is 2.79. The van der Waals surface area contributed by atoms with Gasteiger partial charge in [-0.15, -0.1) is 11.8 Å². The zero-order valence-corrected chi connectivity index (χ0v) is 13.7. The smallest absolute Gasteiger partial charge is 0.207 e. The molecule has 0 saturated heterocycles. The van der Waals surface area contributed by atoms with Gasteiger partial charge >= 0.3 is 0 Å². The molecule has 0 atom stereocenters. The van der Waals surface area contributed by atoms with E-state index in [2.05, 4.69) is 18.6 Å². The average Bonchev–Trinajstić information content (AvgIpc) is 2.46. The highest BCUT2D eigenvalue weighted by Crippen LogP contribution is 2.47. The van der Waals surface area contributed by atoms with Gasteiger partial charge in [-0.25, -0.2) is 13.1 Å². The molecule has 1 heterocycles. The van der Waals surface area contributed by atoms with Gasteiger partial charge in [0, 0.05) is 15.2 Å². The Bertz CT molecular complexity index is 598. The van der Waals surface area contributed by atoms with Crippen LogP contribution in [0.2, 0.25) is 0 Å². The normalized spacial score (nSPS) is 18.4. The Kier molecular flexibility index (Phi) is 3.52. The summed E-state index contributed by atoms with van der Waals surface area (Å²) in [5.41, 5.74) is 0.659. The van der Waals surface area contributed by atoms with Crippen LogP contribution in [-0.4, -0.2) is 18.7 Å². The van der Waals surface area contributed by atoms with Gasteiger partial charge in [0.1, 0.15) is 0 Å². The molecule has 3 nitrogen and oxygen atoms in total. The zero-order chi connectivity index (χ0) is 14.5. The van der Waals surface area contributed by atoms with E-state index in [-0.39, 0.29) is 4.75 Å². The maximum Gasteiger partial charge on any atom is 0.242 e. The molecule has 106 valence electrons. The van der Waals surface area contributed by atoms with Gasteiger partial charge in [-0.2, -0.15) is 0 Å². The summed E-state index contributed by atoms with van der Waals surface area (Å²) in [6.45, 7) is 9.84. The number of benzene rings is 1. The highest BCUT2D eigenvalue weighted by Gasteiger charge is 2.34. The second-order valence-corrected chi connectivity index (χ2v) is 10.0. The van der Waals surface area contributed by atoms with Crippen molar-refractivity contribution in [1.29, 1.82) is 0 Å². The van der Waals surface area contributed by atoms with E-state index in [0.29, 0.717) is 4.90 Å². The number of fused-ring (bicyclic) bond motifs is 1. The fourth-order valence-electron chi connectivity index (χ4n) is 2.26. The predicted molar refractivity (Wildman–Crippen MR) is 80.2 cm³/mol. The van der Waals surface area contributed by atoms with Crippen molar-refractivity contribution >= 4 is 21.8 Å². The second-order valence-electron chi connectivity index (χ2n) is 6.64. The Morgan fingerprint density at radius 1 is 1.26 bits per heavy atom. The van der Waals surface area contributed by atoms with E-state index < -0.39 is 15.6 Å². The third kappa shape index (κ3) is 3.33. The number of sulfonamides is 1. The Morgan fingerprint density at radius 3 is 2.47 bits per heavy atom. The van der Waals surface area contributed by atoms with E-state index in [1.807, 2.05) is 32.9 Å². The molecule has 5 heteroatoms. The summed E-state index contributed by atoms with van der Waals surface area (Å²) in [5.74, 6) is 0. The van der Waals surface area contributed by atoms with Crippen molar-refractivity contribution < 1.29 is 8.42 Å². The lowest BCUT2D eigenvalue weighted by atomic mass is 10.0. The van der Waals surface area contributed by atoms with Crippen LogP contribution < -0.4 is 4.72 Å². The van der Waals surface area contributed by atoms with Crippen LogP contribution in [0.1, 0.15) is 40.2 Å². The minimum atomic E-state index is -3.46. The largest absolute Gasteiger partial charge is 0.242 e. The van der Waals surface area contributed by atoms with Crippen molar-refractivity contribution in [2.75, 3.05) is 0 Å². The standard InChI is InChI=1S/C14H21NO2S2/c1-13(2,3)15-19(16,17)11-8-6-7-10-9-14(4,5)18-12(10)11/h6-8,15H,9H2,1-5H3. The average molecular weight is 299 g/mol. The van der Waals surface area contributed by atoms with Crippen molar-refractivity contribution in [1.82, 2.24) is 4.72 Å².